The minimum Gasteiger partial charge on any atom is -0.408 e. The van der Waals surface area contributed by atoms with E-state index in [1.54, 1.807) is 6.07 Å². The zero-order valence-corrected chi connectivity index (χ0v) is 9.88. The van der Waals surface area contributed by atoms with Crippen LogP contribution in [0, 0.1) is 0 Å². The fourth-order valence-corrected chi connectivity index (χ4v) is 3.12. The third-order valence-electron chi connectivity index (χ3n) is 3.12. The predicted molar refractivity (Wildman–Crippen MR) is 62.1 cm³/mol. The van der Waals surface area contributed by atoms with E-state index in [-0.39, 0.29) is 4.90 Å². The molecule has 0 saturated carbocycles. The molecule has 90 valence electrons. The lowest BCUT2D eigenvalue weighted by molar-refractivity contribution is 0.190. The number of hydrogen-bond acceptors (Lipinski definition) is 4. The first-order valence-electron chi connectivity index (χ1n) is 5.34. The molecule has 6 heteroatoms. The van der Waals surface area contributed by atoms with E-state index in [9.17, 15) is 8.42 Å². The Bertz CT molecular complexity index is 620. The summed E-state index contributed by atoms with van der Waals surface area (Å²) in [5.41, 5.74) is 5.48. The van der Waals surface area contributed by atoms with Crippen molar-refractivity contribution in [3.8, 4) is 0 Å². The molecule has 0 atom stereocenters. The number of aryl methyl sites for hydroxylation is 1. The van der Waals surface area contributed by atoms with Crippen LogP contribution in [0.15, 0.2) is 28.7 Å². The highest BCUT2D eigenvalue weighted by Crippen LogP contribution is 2.37. The maximum atomic E-state index is 11.6. The van der Waals surface area contributed by atoms with E-state index in [0.29, 0.717) is 17.9 Å². The number of primary sulfonamides is 1. The highest BCUT2D eigenvalue weighted by Gasteiger charge is 2.29. The Morgan fingerprint density at radius 1 is 1.29 bits per heavy atom. The van der Waals surface area contributed by atoms with E-state index in [2.05, 4.69) is 5.48 Å². The van der Waals surface area contributed by atoms with Crippen LogP contribution in [0.4, 0.5) is 0 Å². The molecule has 1 aromatic rings. The molecule has 0 fully saturated rings. The Morgan fingerprint density at radius 2 is 2.12 bits per heavy atom. The molecule has 1 aromatic carbocycles. The largest absolute Gasteiger partial charge is 0.408 e. The summed E-state index contributed by atoms with van der Waals surface area (Å²) in [6, 6.07) is 5.15. The van der Waals surface area contributed by atoms with Gasteiger partial charge in [0.05, 0.1) is 11.4 Å². The number of nitrogens with one attached hydrogen (secondary N) is 1. The number of hydroxylamine groups is 1. The zero-order valence-electron chi connectivity index (χ0n) is 9.06. The molecule has 0 amide bonds. The molecule has 0 radical (unpaired) electrons. The minimum atomic E-state index is -3.72. The van der Waals surface area contributed by atoms with Crippen LogP contribution in [-0.4, -0.2) is 15.0 Å². The van der Waals surface area contributed by atoms with Gasteiger partial charge in [0.2, 0.25) is 10.0 Å². The highest BCUT2D eigenvalue weighted by molar-refractivity contribution is 7.89. The molecule has 2 aliphatic rings. The molecule has 1 aliphatic carbocycles. The number of nitrogens with two attached hydrogens (primary N) is 1. The molecule has 1 heterocycles. The average Bonchev–Trinajstić information content (AvgIpc) is 2.75. The predicted octanol–water partition coefficient (Wildman–Crippen LogP) is 0.526. The van der Waals surface area contributed by atoms with Crippen molar-refractivity contribution in [2.24, 2.45) is 5.14 Å². The standard InChI is InChI=1S/C11H12N2O3S/c12-17(14,15)9-3-1-2-7-4-5-8-6-13-16-11(8)10(7)9/h1-3,13H,4-6H2,(H2,12,14,15). The van der Waals surface area contributed by atoms with E-state index in [1.807, 2.05) is 6.07 Å². The van der Waals surface area contributed by atoms with Crippen LogP contribution in [0.1, 0.15) is 17.5 Å². The van der Waals surface area contributed by atoms with Gasteiger partial charge in [0.15, 0.2) is 5.76 Å². The fourth-order valence-electron chi connectivity index (χ4n) is 2.34. The normalized spacial score (nSPS) is 18.6. The topological polar surface area (TPSA) is 81.4 Å². The van der Waals surface area contributed by atoms with Crippen molar-refractivity contribution < 1.29 is 13.3 Å². The van der Waals surface area contributed by atoms with Gasteiger partial charge < -0.3 is 4.84 Å². The van der Waals surface area contributed by atoms with Gasteiger partial charge in [0.1, 0.15) is 0 Å². The van der Waals surface area contributed by atoms with Crippen LogP contribution < -0.4 is 10.6 Å². The molecule has 5 nitrogen and oxygen atoms in total. The molecule has 0 bridgehead atoms. The lowest BCUT2D eigenvalue weighted by atomic mass is 9.91. The van der Waals surface area contributed by atoms with E-state index in [4.69, 9.17) is 9.98 Å². The van der Waals surface area contributed by atoms with Crippen molar-refractivity contribution in [3.63, 3.8) is 0 Å². The van der Waals surface area contributed by atoms with Gasteiger partial charge in [-0.05, 0) is 30.0 Å². The second kappa shape index (κ2) is 3.56. The summed E-state index contributed by atoms with van der Waals surface area (Å²) in [5.74, 6) is 0.635. The summed E-state index contributed by atoms with van der Waals surface area (Å²) in [5, 5.41) is 5.24. The Morgan fingerprint density at radius 3 is 2.88 bits per heavy atom. The van der Waals surface area contributed by atoms with Crippen molar-refractivity contribution in [1.82, 2.24) is 5.48 Å². The van der Waals surface area contributed by atoms with Gasteiger partial charge >= 0.3 is 0 Å². The van der Waals surface area contributed by atoms with Gasteiger partial charge in [-0.15, -0.1) is 0 Å². The second-order valence-electron chi connectivity index (χ2n) is 4.19. The summed E-state index contributed by atoms with van der Waals surface area (Å²) >= 11 is 0. The molecule has 0 spiro atoms. The third kappa shape index (κ3) is 1.65. The highest BCUT2D eigenvalue weighted by atomic mass is 32.2. The molecular weight excluding hydrogens is 240 g/mol. The van der Waals surface area contributed by atoms with E-state index in [0.717, 1.165) is 24.0 Å². The van der Waals surface area contributed by atoms with Crippen molar-refractivity contribution in [2.75, 3.05) is 6.54 Å². The van der Waals surface area contributed by atoms with Crippen molar-refractivity contribution >= 4 is 15.8 Å². The quantitative estimate of drug-likeness (QED) is 0.763. The van der Waals surface area contributed by atoms with E-state index < -0.39 is 10.0 Å². The van der Waals surface area contributed by atoms with Crippen LogP contribution in [0.25, 0.3) is 5.76 Å². The second-order valence-corrected chi connectivity index (χ2v) is 5.72. The summed E-state index contributed by atoms with van der Waals surface area (Å²) in [6.07, 6.45) is 1.71. The van der Waals surface area contributed by atoms with Crippen LogP contribution in [0.5, 0.6) is 0 Å². The van der Waals surface area contributed by atoms with Gasteiger partial charge in [-0.25, -0.2) is 13.6 Å². The minimum absolute atomic E-state index is 0.144. The lowest BCUT2D eigenvalue weighted by Gasteiger charge is -2.18. The maximum Gasteiger partial charge on any atom is 0.238 e. The van der Waals surface area contributed by atoms with Crippen LogP contribution in [-0.2, 0) is 21.3 Å². The Balaban J connectivity index is 2.30. The number of hydrogen-bond donors (Lipinski definition) is 2. The molecule has 0 unspecified atom stereocenters. The van der Waals surface area contributed by atoms with Gasteiger partial charge in [-0.1, -0.05) is 12.1 Å². The first-order valence-corrected chi connectivity index (χ1v) is 6.89. The first-order chi connectivity index (χ1) is 8.07. The zero-order chi connectivity index (χ0) is 12.0. The molecular formula is C11H12N2O3S. The molecule has 0 aromatic heterocycles. The van der Waals surface area contributed by atoms with Crippen molar-refractivity contribution in [3.05, 3.63) is 34.9 Å². The van der Waals surface area contributed by atoms with Gasteiger partial charge in [0.25, 0.3) is 0 Å². The molecule has 17 heavy (non-hydrogen) atoms. The Hall–Kier alpha value is -1.37. The Labute approximate surface area is 99.3 Å². The van der Waals surface area contributed by atoms with Crippen LogP contribution >= 0.6 is 0 Å². The summed E-state index contributed by atoms with van der Waals surface area (Å²) in [4.78, 5) is 5.47. The first kappa shape index (κ1) is 10.8. The smallest absolute Gasteiger partial charge is 0.238 e. The summed E-state index contributed by atoms with van der Waals surface area (Å²) < 4.78 is 23.1. The van der Waals surface area contributed by atoms with E-state index >= 15 is 0 Å². The third-order valence-corrected chi connectivity index (χ3v) is 4.08. The molecule has 0 saturated heterocycles. The number of fused-ring (bicyclic) bond motifs is 2. The lowest BCUT2D eigenvalue weighted by Crippen LogP contribution is -2.17. The van der Waals surface area contributed by atoms with Gasteiger partial charge in [0, 0.05) is 5.56 Å². The number of benzene rings is 1. The summed E-state index contributed by atoms with van der Waals surface area (Å²) in [7, 11) is -3.72. The average molecular weight is 252 g/mol. The molecule has 3 rings (SSSR count). The number of sulfonamides is 1. The number of rotatable bonds is 1. The molecule has 3 N–H and O–H groups in total. The van der Waals surface area contributed by atoms with Gasteiger partial charge in [-0.2, -0.15) is 5.48 Å². The van der Waals surface area contributed by atoms with Crippen LogP contribution in [0.2, 0.25) is 0 Å². The van der Waals surface area contributed by atoms with E-state index in [1.165, 1.54) is 6.07 Å². The van der Waals surface area contributed by atoms with Crippen molar-refractivity contribution in [2.45, 2.75) is 17.7 Å². The van der Waals surface area contributed by atoms with Crippen molar-refractivity contribution in [1.29, 1.82) is 0 Å². The monoisotopic (exact) mass is 252 g/mol. The van der Waals surface area contributed by atoms with Crippen LogP contribution in [0.3, 0.4) is 0 Å². The maximum absolute atomic E-state index is 11.6. The molecule has 1 aliphatic heterocycles. The fraction of sp³-hybridized carbons (Fsp3) is 0.273. The summed E-state index contributed by atoms with van der Waals surface area (Å²) in [6.45, 7) is 0.647. The Kier molecular flexibility index (Phi) is 2.25. The van der Waals surface area contributed by atoms with Gasteiger partial charge in [-0.3, -0.25) is 0 Å². The SMILES string of the molecule is NS(=O)(=O)c1cccc2c1C1=C(CC2)CNO1.